The second-order valence-electron chi connectivity index (χ2n) is 4.12. The van der Waals surface area contributed by atoms with Crippen LogP contribution in [-0.4, -0.2) is 12.9 Å². The van der Waals surface area contributed by atoms with Gasteiger partial charge in [-0.05, 0) is 48.0 Å². The quantitative estimate of drug-likeness (QED) is 0.681. The Morgan fingerprint density at radius 2 is 1.75 bits per heavy atom. The Kier molecular flexibility index (Phi) is 4.80. The standard InChI is InChI=1S/C16H15ClN2O/c1-20-15-9-2-12(3-10-15)4-11-16(18)19-14-7-5-13(17)6-8-14/h2-11H,1H3,(H2,18,19). The molecule has 0 bridgehead atoms. The molecule has 0 aliphatic rings. The van der Waals surface area contributed by atoms with E-state index in [0.717, 1.165) is 17.0 Å². The fourth-order valence-corrected chi connectivity index (χ4v) is 1.72. The predicted octanol–water partition coefficient (Wildman–Crippen LogP) is 4.05. The molecular weight excluding hydrogens is 272 g/mol. The van der Waals surface area contributed by atoms with Crippen LogP contribution in [0.2, 0.25) is 5.02 Å². The molecule has 2 aromatic rings. The minimum absolute atomic E-state index is 0.433. The van der Waals surface area contributed by atoms with E-state index >= 15 is 0 Å². The first-order valence-corrected chi connectivity index (χ1v) is 6.47. The molecule has 0 saturated heterocycles. The van der Waals surface area contributed by atoms with E-state index in [2.05, 4.69) is 4.99 Å². The zero-order valence-electron chi connectivity index (χ0n) is 11.1. The van der Waals surface area contributed by atoms with Crippen molar-refractivity contribution in [3.8, 4) is 5.75 Å². The minimum Gasteiger partial charge on any atom is -0.497 e. The van der Waals surface area contributed by atoms with E-state index in [9.17, 15) is 0 Å². The fourth-order valence-electron chi connectivity index (χ4n) is 1.60. The first-order valence-electron chi connectivity index (χ1n) is 6.09. The van der Waals surface area contributed by atoms with Gasteiger partial charge in [0.15, 0.2) is 0 Å². The van der Waals surface area contributed by atoms with E-state index < -0.39 is 0 Å². The third-order valence-corrected chi connectivity index (χ3v) is 2.90. The van der Waals surface area contributed by atoms with E-state index in [0.29, 0.717) is 10.9 Å². The van der Waals surface area contributed by atoms with Gasteiger partial charge in [-0.2, -0.15) is 0 Å². The van der Waals surface area contributed by atoms with Crippen LogP contribution in [0.15, 0.2) is 59.6 Å². The highest BCUT2D eigenvalue weighted by atomic mass is 35.5. The average molecular weight is 287 g/mol. The van der Waals surface area contributed by atoms with Gasteiger partial charge >= 0.3 is 0 Å². The van der Waals surface area contributed by atoms with Crippen molar-refractivity contribution in [3.63, 3.8) is 0 Å². The molecule has 20 heavy (non-hydrogen) atoms. The summed E-state index contributed by atoms with van der Waals surface area (Å²) in [6.45, 7) is 0. The van der Waals surface area contributed by atoms with Crippen LogP contribution in [0.25, 0.3) is 6.08 Å². The van der Waals surface area contributed by atoms with Crippen molar-refractivity contribution in [2.75, 3.05) is 7.11 Å². The zero-order valence-corrected chi connectivity index (χ0v) is 11.8. The molecule has 0 saturated carbocycles. The summed E-state index contributed by atoms with van der Waals surface area (Å²) in [6, 6.07) is 14.9. The summed E-state index contributed by atoms with van der Waals surface area (Å²) in [5.41, 5.74) is 7.65. The molecule has 2 N–H and O–H groups in total. The maximum Gasteiger partial charge on any atom is 0.124 e. The summed E-state index contributed by atoms with van der Waals surface area (Å²) in [4.78, 5) is 4.27. The first kappa shape index (κ1) is 14.2. The number of benzene rings is 2. The molecule has 0 aliphatic heterocycles. The maximum atomic E-state index is 5.85. The van der Waals surface area contributed by atoms with Crippen LogP contribution in [-0.2, 0) is 0 Å². The highest BCUT2D eigenvalue weighted by molar-refractivity contribution is 6.30. The molecule has 0 radical (unpaired) electrons. The van der Waals surface area contributed by atoms with E-state index in [1.807, 2.05) is 42.5 Å². The number of nitrogens with zero attached hydrogens (tertiary/aromatic N) is 1. The van der Waals surface area contributed by atoms with Gasteiger partial charge in [-0.25, -0.2) is 4.99 Å². The molecule has 0 amide bonds. The molecule has 0 atom stereocenters. The van der Waals surface area contributed by atoms with Crippen LogP contribution < -0.4 is 10.5 Å². The molecule has 0 aromatic heterocycles. The van der Waals surface area contributed by atoms with Crippen molar-refractivity contribution >= 4 is 29.2 Å². The van der Waals surface area contributed by atoms with Crippen LogP contribution in [0.3, 0.4) is 0 Å². The first-order chi connectivity index (χ1) is 9.67. The molecule has 0 aliphatic carbocycles. The number of amidine groups is 1. The molecule has 0 heterocycles. The number of halogens is 1. The molecule has 102 valence electrons. The molecule has 3 nitrogen and oxygen atoms in total. The van der Waals surface area contributed by atoms with Crippen molar-refractivity contribution in [2.24, 2.45) is 10.7 Å². The van der Waals surface area contributed by atoms with Gasteiger partial charge in [0, 0.05) is 5.02 Å². The molecule has 0 unspecified atom stereocenters. The number of aliphatic imine (C=N–C) groups is 1. The van der Waals surface area contributed by atoms with Crippen molar-refractivity contribution in [1.82, 2.24) is 0 Å². The van der Waals surface area contributed by atoms with Crippen molar-refractivity contribution in [1.29, 1.82) is 0 Å². The van der Waals surface area contributed by atoms with Crippen LogP contribution in [0.4, 0.5) is 5.69 Å². The van der Waals surface area contributed by atoms with Crippen LogP contribution in [0.5, 0.6) is 5.75 Å². The van der Waals surface area contributed by atoms with Gasteiger partial charge in [-0.1, -0.05) is 29.8 Å². The number of ether oxygens (including phenoxy) is 1. The molecule has 4 heteroatoms. The number of methoxy groups -OCH3 is 1. The highest BCUT2D eigenvalue weighted by Crippen LogP contribution is 2.16. The number of hydrogen-bond acceptors (Lipinski definition) is 2. The Morgan fingerprint density at radius 1 is 1.10 bits per heavy atom. The largest absolute Gasteiger partial charge is 0.497 e. The van der Waals surface area contributed by atoms with E-state index in [1.54, 1.807) is 25.3 Å². The highest BCUT2D eigenvalue weighted by Gasteiger charge is 1.93. The number of rotatable bonds is 4. The topological polar surface area (TPSA) is 47.6 Å². The normalized spacial score (nSPS) is 11.8. The lowest BCUT2D eigenvalue weighted by molar-refractivity contribution is 0.415. The summed E-state index contributed by atoms with van der Waals surface area (Å²) in [7, 11) is 1.64. The fraction of sp³-hybridized carbons (Fsp3) is 0.0625. The SMILES string of the molecule is COc1ccc(C=CC(N)=Nc2ccc(Cl)cc2)cc1. The second kappa shape index (κ2) is 6.78. The Bertz CT molecular complexity index is 616. The third-order valence-electron chi connectivity index (χ3n) is 2.65. The monoisotopic (exact) mass is 286 g/mol. The molecule has 0 spiro atoms. The van der Waals surface area contributed by atoms with Crippen LogP contribution in [0.1, 0.15) is 5.56 Å². The molecule has 0 fully saturated rings. The van der Waals surface area contributed by atoms with Crippen molar-refractivity contribution in [2.45, 2.75) is 0 Å². The minimum atomic E-state index is 0.433. The Labute approximate surface area is 123 Å². The lowest BCUT2D eigenvalue weighted by Gasteiger charge is -1.99. The van der Waals surface area contributed by atoms with E-state index in [1.165, 1.54) is 0 Å². The van der Waals surface area contributed by atoms with Gasteiger partial charge in [-0.15, -0.1) is 0 Å². The third kappa shape index (κ3) is 4.14. The van der Waals surface area contributed by atoms with Gasteiger partial charge in [0.05, 0.1) is 12.8 Å². The lowest BCUT2D eigenvalue weighted by atomic mass is 10.2. The van der Waals surface area contributed by atoms with E-state index in [-0.39, 0.29) is 0 Å². The second-order valence-corrected chi connectivity index (χ2v) is 4.56. The van der Waals surface area contributed by atoms with Crippen LogP contribution in [0, 0.1) is 0 Å². The predicted molar refractivity (Wildman–Crippen MR) is 84.8 cm³/mol. The number of nitrogens with two attached hydrogens (primary N) is 1. The molecule has 2 aromatic carbocycles. The lowest BCUT2D eigenvalue weighted by Crippen LogP contribution is -2.06. The van der Waals surface area contributed by atoms with Gasteiger partial charge in [0.1, 0.15) is 11.6 Å². The van der Waals surface area contributed by atoms with Gasteiger partial charge in [0.25, 0.3) is 0 Å². The van der Waals surface area contributed by atoms with Gasteiger partial charge < -0.3 is 10.5 Å². The Balaban J connectivity index is 2.07. The summed E-state index contributed by atoms with van der Waals surface area (Å²) < 4.78 is 5.10. The molecular formula is C16H15ClN2O. The number of hydrogen-bond donors (Lipinski definition) is 1. The summed E-state index contributed by atoms with van der Waals surface area (Å²) >= 11 is 5.81. The van der Waals surface area contributed by atoms with E-state index in [4.69, 9.17) is 22.1 Å². The summed E-state index contributed by atoms with van der Waals surface area (Å²) in [5, 5.41) is 0.677. The summed E-state index contributed by atoms with van der Waals surface area (Å²) in [5.74, 6) is 1.26. The van der Waals surface area contributed by atoms with Crippen LogP contribution >= 0.6 is 11.6 Å². The zero-order chi connectivity index (χ0) is 14.4. The van der Waals surface area contributed by atoms with Crippen molar-refractivity contribution in [3.05, 3.63) is 65.2 Å². The Hall–Kier alpha value is -2.26. The smallest absolute Gasteiger partial charge is 0.124 e. The Morgan fingerprint density at radius 3 is 2.35 bits per heavy atom. The maximum absolute atomic E-state index is 5.85. The van der Waals surface area contributed by atoms with Gasteiger partial charge in [-0.3, -0.25) is 0 Å². The summed E-state index contributed by atoms with van der Waals surface area (Å²) in [6.07, 6.45) is 3.66. The molecule has 2 rings (SSSR count). The van der Waals surface area contributed by atoms with Gasteiger partial charge in [0.2, 0.25) is 0 Å². The van der Waals surface area contributed by atoms with Crippen molar-refractivity contribution < 1.29 is 4.74 Å². The average Bonchev–Trinajstić information content (AvgIpc) is 2.48.